The van der Waals surface area contributed by atoms with Gasteiger partial charge in [-0.05, 0) is 74.4 Å². The van der Waals surface area contributed by atoms with Gasteiger partial charge in [-0.3, -0.25) is 4.98 Å². The van der Waals surface area contributed by atoms with Crippen LogP contribution in [-0.2, 0) is 0 Å². The number of thiocarbonyl (C=S) groups is 1. The van der Waals surface area contributed by atoms with Crippen LogP contribution in [0.5, 0.6) is 0 Å². The van der Waals surface area contributed by atoms with E-state index in [0.717, 1.165) is 15.9 Å². The number of hydrogen-bond acceptors (Lipinski definition) is 3. The summed E-state index contributed by atoms with van der Waals surface area (Å²) in [6.45, 7) is 5.12. The van der Waals surface area contributed by atoms with Crippen molar-refractivity contribution in [3.8, 4) is 5.69 Å². The lowest BCUT2D eigenvalue weighted by Gasteiger charge is -2.28. The molecular formula is C23H25BrN4OS. The Kier molecular flexibility index (Phi) is 6.22. The normalized spacial score (nSPS) is 18.7. The Morgan fingerprint density at radius 3 is 2.70 bits per heavy atom. The number of pyridine rings is 1. The number of hydrogen-bond donors (Lipinski definition) is 2. The summed E-state index contributed by atoms with van der Waals surface area (Å²) in [5, 5.41) is 13.6. The van der Waals surface area contributed by atoms with Gasteiger partial charge in [0.15, 0.2) is 5.11 Å². The molecule has 1 fully saturated rings. The number of benzene rings is 1. The number of nitrogens with one attached hydrogen (secondary N) is 1. The van der Waals surface area contributed by atoms with Crippen LogP contribution in [0.4, 0.5) is 0 Å². The van der Waals surface area contributed by atoms with E-state index in [4.69, 9.17) is 12.2 Å². The largest absolute Gasteiger partial charge is 0.396 e. The molecule has 2 atom stereocenters. The Hall–Kier alpha value is -2.22. The van der Waals surface area contributed by atoms with Crippen molar-refractivity contribution in [3.05, 3.63) is 81.8 Å². The molecule has 7 heteroatoms. The summed E-state index contributed by atoms with van der Waals surface area (Å²) in [6.07, 6.45) is 2.48. The summed E-state index contributed by atoms with van der Waals surface area (Å²) in [7, 11) is 0. The highest BCUT2D eigenvalue weighted by Crippen LogP contribution is 2.41. The fraction of sp³-hybridized carbons (Fsp3) is 0.304. The lowest BCUT2D eigenvalue weighted by atomic mass is 9.96. The molecule has 5 nitrogen and oxygen atoms in total. The van der Waals surface area contributed by atoms with E-state index in [-0.39, 0.29) is 18.7 Å². The van der Waals surface area contributed by atoms with Crippen LogP contribution in [-0.4, -0.2) is 37.8 Å². The van der Waals surface area contributed by atoms with Crippen LogP contribution < -0.4 is 5.32 Å². The number of aliphatic hydroxyl groups is 1. The molecule has 4 rings (SSSR count). The number of aliphatic hydroxyl groups excluding tert-OH is 1. The van der Waals surface area contributed by atoms with Crippen LogP contribution in [0.25, 0.3) is 5.69 Å². The minimum absolute atomic E-state index is 0.00560. The predicted octanol–water partition coefficient (Wildman–Crippen LogP) is 4.61. The highest BCUT2D eigenvalue weighted by molar-refractivity contribution is 9.10. The summed E-state index contributed by atoms with van der Waals surface area (Å²) in [4.78, 5) is 6.80. The molecule has 30 heavy (non-hydrogen) atoms. The van der Waals surface area contributed by atoms with Crippen molar-refractivity contribution in [3.63, 3.8) is 0 Å². The summed E-state index contributed by atoms with van der Waals surface area (Å²) in [6, 6.07) is 16.5. The second-order valence-electron chi connectivity index (χ2n) is 7.54. The second-order valence-corrected chi connectivity index (χ2v) is 8.84. The Bertz CT molecular complexity index is 1050. The molecule has 0 bridgehead atoms. The van der Waals surface area contributed by atoms with Crippen molar-refractivity contribution in [2.45, 2.75) is 32.4 Å². The molecule has 3 aromatic rings. The van der Waals surface area contributed by atoms with E-state index < -0.39 is 0 Å². The van der Waals surface area contributed by atoms with Crippen molar-refractivity contribution in [1.82, 2.24) is 19.8 Å². The number of aromatic nitrogens is 2. The fourth-order valence-electron chi connectivity index (χ4n) is 4.33. The van der Waals surface area contributed by atoms with Gasteiger partial charge in [-0.15, -0.1) is 0 Å². The van der Waals surface area contributed by atoms with Gasteiger partial charge in [0.2, 0.25) is 0 Å². The van der Waals surface area contributed by atoms with E-state index in [1.165, 1.54) is 17.0 Å². The maximum absolute atomic E-state index is 9.42. The molecule has 0 saturated carbocycles. The fourth-order valence-corrected chi connectivity index (χ4v) is 5.04. The van der Waals surface area contributed by atoms with Gasteiger partial charge < -0.3 is 19.9 Å². The van der Waals surface area contributed by atoms with Crippen LogP contribution in [0.2, 0.25) is 0 Å². The number of aryl methyl sites for hydroxylation is 1. The van der Waals surface area contributed by atoms with Gasteiger partial charge in [0.05, 0.1) is 17.8 Å². The maximum Gasteiger partial charge on any atom is 0.170 e. The van der Waals surface area contributed by atoms with Crippen LogP contribution >= 0.6 is 28.1 Å². The molecule has 1 aromatic carbocycles. The molecule has 1 saturated heterocycles. The summed E-state index contributed by atoms with van der Waals surface area (Å²) < 4.78 is 3.33. The van der Waals surface area contributed by atoms with Gasteiger partial charge in [-0.25, -0.2) is 0 Å². The molecule has 2 aromatic heterocycles. The Balaban J connectivity index is 1.82. The van der Waals surface area contributed by atoms with Crippen molar-refractivity contribution < 1.29 is 5.11 Å². The third-order valence-electron chi connectivity index (χ3n) is 5.61. The monoisotopic (exact) mass is 484 g/mol. The number of nitrogens with zero attached hydrogens (tertiary/aromatic N) is 3. The zero-order chi connectivity index (χ0) is 21.3. The van der Waals surface area contributed by atoms with Gasteiger partial charge in [0, 0.05) is 40.9 Å². The van der Waals surface area contributed by atoms with Crippen molar-refractivity contribution >= 4 is 33.3 Å². The lowest BCUT2D eigenvalue weighted by molar-refractivity contribution is 0.247. The van der Waals surface area contributed by atoms with E-state index in [1.807, 2.05) is 30.5 Å². The zero-order valence-electron chi connectivity index (χ0n) is 17.0. The van der Waals surface area contributed by atoms with Crippen LogP contribution in [0.1, 0.15) is 41.1 Å². The Labute approximate surface area is 190 Å². The van der Waals surface area contributed by atoms with Crippen LogP contribution in [0.3, 0.4) is 0 Å². The summed E-state index contributed by atoms with van der Waals surface area (Å²) in [5.41, 5.74) is 5.64. The van der Waals surface area contributed by atoms with Gasteiger partial charge in [-0.1, -0.05) is 28.1 Å². The van der Waals surface area contributed by atoms with Crippen molar-refractivity contribution in [1.29, 1.82) is 0 Å². The lowest BCUT2D eigenvalue weighted by Crippen LogP contribution is -2.31. The molecular weight excluding hydrogens is 460 g/mol. The van der Waals surface area contributed by atoms with Gasteiger partial charge in [0.1, 0.15) is 0 Å². The minimum Gasteiger partial charge on any atom is -0.396 e. The molecule has 0 aliphatic carbocycles. The standard InChI is InChI=1S/C23H25BrN4OS/c1-15-13-19(16(2)28(15)18-8-5-7-17(24)14-18)22-21(20-9-3-4-10-25-20)26-23(30)27(22)11-6-12-29/h3-5,7-10,13-14,21-22,29H,6,11-12H2,1-2H3,(H,26,30)/t21-,22+/m0/s1. The zero-order valence-corrected chi connectivity index (χ0v) is 19.4. The first-order valence-electron chi connectivity index (χ1n) is 10.0. The van der Waals surface area contributed by atoms with Crippen molar-refractivity contribution in [2.24, 2.45) is 0 Å². The molecule has 0 spiro atoms. The highest BCUT2D eigenvalue weighted by Gasteiger charge is 2.41. The molecule has 2 N–H and O–H groups in total. The summed E-state index contributed by atoms with van der Waals surface area (Å²) >= 11 is 9.28. The van der Waals surface area contributed by atoms with Gasteiger partial charge >= 0.3 is 0 Å². The minimum atomic E-state index is -0.0474. The first-order valence-corrected chi connectivity index (χ1v) is 11.2. The molecule has 0 unspecified atom stereocenters. The summed E-state index contributed by atoms with van der Waals surface area (Å²) in [5.74, 6) is 0. The van der Waals surface area contributed by atoms with E-state index in [2.05, 4.69) is 73.8 Å². The molecule has 156 valence electrons. The van der Waals surface area contributed by atoms with Gasteiger partial charge in [0.25, 0.3) is 0 Å². The quantitative estimate of drug-likeness (QED) is 0.500. The molecule has 3 heterocycles. The second kappa shape index (κ2) is 8.88. The first kappa shape index (κ1) is 21.0. The van der Waals surface area contributed by atoms with E-state index in [1.54, 1.807) is 0 Å². The molecule has 1 aliphatic heterocycles. The van der Waals surface area contributed by atoms with Crippen molar-refractivity contribution in [2.75, 3.05) is 13.2 Å². The molecule has 0 radical (unpaired) electrons. The maximum atomic E-state index is 9.42. The van der Waals surface area contributed by atoms with Gasteiger partial charge in [-0.2, -0.15) is 0 Å². The number of rotatable bonds is 6. The first-order chi connectivity index (χ1) is 14.5. The third kappa shape index (κ3) is 3.89. The third-order valence-corrected chi connectivity index (χ3v) is 6.46. The predicted molar refractivity (Wildman–Crippen MR) is 127 cm³/mol. The smallest absolute Gasteiger partial charge is 0.170 e. The molecule has 1 aliphatic rings. The number of halogens is 1. The van der Waals surface area contributed by atoms with Crippen LogP contribution in [0, 0.1) is 13.8 Å². The van der Waals surface area contributed by atoms with Crippen LogP contribution in [0.15, 0.2) is 59.2 Å². The topological polar surface area (TPSA) is 53.3 Å². The highest BCUT2D eigenvalue weighted by atomic mass is 79.9. The average molecular weight is 485 g/mol. The SMILES string of the molecule is Cc1cc([C@@H]2[C@H](c3ccccn3)NC(=S)N2CCCO)c(C)n1-c1cccc(Br)c1. The van der Waals surface area contributed by atoms with E-state index >= 15 is 0 Å². The molecule has 0 amide bonds. The Morgan fingerprint density at radius 1 is 1.17 bits per heavy atom. The average Bonchev–Trinajstić information content (AvgIpc) is 3.22. The Morgan fingerprint density at radius 2 is 2.00 bits per heavy atom. The van der Waals surface area contributed by atoms with E-state index in [9.17, 15) is 5.11 Å². The van der Waals surface area contributed by atoms with E-state index in [0.29, 0.717) is 18.1 Å².